The van der Waals surface area contributed by atoms with Crippen LogP contribution in [0.3, 0.4) is 0 Å². The molecule has 0 N–H and O–H groups in total. The van der Waals surface area contributed by atoms with Crippen molar-refractivity contribution < 1.29 is 19.0 Å². The molecule has 0 unspecified atom stereocenters. The van der Waals surface area contributed by atoms with E-state index >= 15 is 0 Å². The van der Waals surface area contributed by atoms with Crippen LogP contribution < -0.4 is 9.47 Å². The molecule has 0 saturated heterocycles. The molecule has 26 heavy (non-hydrogen) atoms. The number of esters is 1. The second-order valence-corrected chi connectivity index (χ2v) is 6.99. The third-order valence-corrected chi connectivity index (χ3v) is 5.12. The summed E-state index contributed by atoms with van der Waals surface area (Å²) >= 11 is 4.75. The normalized spacial score (nSPS) is 12.7. The Kier molecular flexibility index (Phi) is 4.81. The average Bonchev–Trinajstić information content (AvgIpc) is 3.17. The second-order valence-electron chi connectivity index (χ2n) is 5.27. The number of carbonyl (C=O) groups excluding carboxylic acids is 1. The van der Waals surface area contributed by atoms with E-state index in [4.69, 9.17) is 14.2 Å². The van der Waals surface area contributed by atoms with Crippen molar-refractivity contribution in [3.63, 3.8) is 0 Å². The van der Waals surface area contributed by atoms with E-state index in [1.54, 1.807) is 29.9 Å². The van der Waals surface area contributed by atoms with Gasteiger partial charge in [0.15, 0.2) is 28.0 Å². The van der Waals surface area contributed by atoms with E-state index in [0.717, 1.165) is 10.0 Å². The molecule has 4 rings (SSSR count). The van der Waals surface area contributed by atoms with Crippen LogP contribution in [0.15, 0.2) is 40.4 Å². The summed E-state index contributed by atoms with van der Waals surface area (Å²) in [6, 6.07) is 5.33. The van der Waals surface area contributed by atoms with Gasteiger partial charge >= 0.3 is 5.97 Å². The fourth-order valence-corrected chi connectivity index (χ4v) is 3.48. The van der Waals surface area contributed by atoms with Gasteiger partial charge in [-0.05, 0) is 18.2 Å². The van der Waals surface area contributed by atoms with Crippen LogP contribution in [0.1, 0.15) is 16.1 Å². The molecule has 0 radical (unpaired) electrons. The van der Waals surface area contributed by atoms with Gasteiger partial charge in [-0.25, -0.2) is 19.7 Å². The zero-order valence-corrected chi connectivity index (χ0v) is 15.7. The topological polar surface area (TPSA) is 83.4 Å². The molecule has 9 heteroatoms. The molecule has 7 nitrogen and oxygen atoms in total. The lowest BCUT2D eigenvalue weighted by atomic mass is 10.2. The van der Waals surface area contributed by atoms with Gasteiger partial charge in [-0.2, -0.15) is 0 Å². The van der Waals surface area contributed by atoms with E-state index in [-0.39, 0.29) is 12.3 Å². The summed E-state index contributed by atoms with van der Waals surface area (Å²) in [5, 5.41) is 2.20. The summed E-state index contributed by atoms with van der Waals surface area (Å²) in [4.78, 5) is 24.8. The first-order valence-corrected chi connectivity index (χ1v) is 9.36. The Balaban J connectivity index is 1.45. The first-order chi connectivity index (χ1) is 12.7. The highest BCUT2D eigenvalue weighted by atomic mass is 79.9. The molecule has 0 fully saturated rings. The van der Waals surface area contributed by atoms with Crippen molar-refractivity contribution in [2.75, 3.05) is 13.2 Å². The minimum Gasteiger partial charge on any atom is -0.486 e. The molecule has 132 valence electrons. The predicted molar refractivity (Wildman–Crippen MR) is 97.4 cm³/mol. The zero-order valence-electron chi connectivity index (χ0n) is 13.3. The van der Waals surface area contributed by atoms with Crippen molar-refractivity contribution in [3.8, 4) is 22.3 Å². The molecule has 0 aliphatic carbocycles. The van der Waals surface area contributed by atoms with E-state index in [1.807, 2.05) is 6.07 Å². The van der Waals surface area contributed by atoms with Gasteiger partial charge in [-0.1, -0.05) is 15.9 Å². The van der Waals surface area contributed by atoms with E-state index in [1.165, 1.54) is 11.3 Å². The van der Waals surface area contributed by atoms with E-state index in [9.17, 15) is 4.79 Å². The lowest BCUT2D eigenvalue weighted by Gasteiger charge is -2.19. The Morgan fingerprint density at radius 3 is 2.69 bits per heavy atom. The monoisotopic (exact) mass is 433 g/mol. The maximum Gasteiger partial charge on any atom is 0.358 e. The van der Waals surface area contributed by atoms with Crippen molar-refractivity contribution in [2.24, 2.45) is 0 Å². The number of aromatic nitrogens is 3. The van der Waals surface area contributed by atoms with Gasteiger partial charge in [0.25, 0.3) is 0 Å². The highest BCUT2D eigenvalue weighted by Gasteiger charge is 2.18. The predicted octanol–water partition coefficient (Wildman–Crippen LogP) is 3.49. The first-order valence-electron chi connectivity index (χ1n) is 7.69. The Labute approximate surface area is 161 Å². The number of carbonyl (C=O) groups is 1. The third kappa shape index (κ3) is 3.54. The number of thiazole rings is 1. The SMILES string of the molecule is O=C(OCc1cc2c(cc1Br)OCCO2)c1csc(-c2ncccn2)n1. The number of fused-ring (bicyclic) bond motifs is 1. The number of rotatable bonds is 4. The molecule has 0 saturated carbocycles. The van der Waals surface area contributed by atoms with E-state index in [0.29, 0.717) is 35.5 Å². The van der Waals surface area contributed by atoms with Gasteiger partial charge in [-0.3, -0.25) is 0 Å². The second kappa shape index (κ2) is 7.38. The quantitative estimate of drug-likeness (QED) is 0.582. The van der Waals surface area contributed by atoms with Crippen LogP contribution >= 0.6 is 27.3 Å². The van der Waals surface area contributed by atoms with Crippen molar-refractivity contribution in [1.29, 1.82) is 0 Å². The highest BCUT2D eigenvalue weighted by Crippen LogP contribution is 2.35. The van der Waals surface area contributed by atoms with Gasteiger partial charge in [0.2, 0.25) is 0 Å². The Hall–Kier alpha value is -2.52. The molecule has 0 amide bonds. The summed E-state index contributed by atoms with van der Waals surface area (Å²) in [5.74, 6) is 1.28. The number of ether oxygens (including phenoxy) is 3. The number of halogens is 1. The Morgan fingerprint density at radius 1 is 1.19 bits per heavy atom. The molecule has 1 aromatic carbocycles. The van der Waals surface area contributed by atoms with Gasteiger partial charge in [0.1, 0.15) is 19.8 Å². The molecule has 2 aromatic heterocycles. The van der Waals surface area contributed by atoms with Crippen molar-refractivity contribution in [1.82, 2.24) is 15.0 Å². The lowest BCUT2D eigenvalue weighted by Crippen LogP contribution is -2.15. The van der Waals surface area contributed by atoms with Gasteiger partial charge < -0.3 is 14.2 Å². The summed E-state index contributed by atoms with van der Waals surface area (Å²) in [6.45, 7) is 1.10. The molecule has 1 aliphatic heterocycles. The molecular formula is C17H12BrN3O4S. The number of benzene rings is 1. The number of hydrogen-bond acceptors (Lipinski definition) is 8. The minimum atomic E-state index is -0.509. The van der Waals surface area contributed by atoms with Crippen LogP contribution in [-0.2, 0) is 11.3 Å². The Bertz CT molecular complexity index is 948. The fourth-order valence-electron chi connectivity index (χ4n) is 2.31. The maximum absolute atomic E-state index is 12.3. The summed E-state index contributed by atoms with van der Waals surface area (Å²) < 4.78 is 17.2. The van der Waals surface area contributed by atoms with Crippen molar-refractivity contribution in [3.05, 3.63) is 51.7 Å². The molecule has 3 aromatic rings. The molecule has 0 atom stereocenters. The maximum atomic E-state index is 12.3. The molecule has 0 bridgehead atoms. The van der Waals surface area contributed by atoms with E-state index < -0.39 is 5.97 Å². The zero-order chi connectivity index (χ0) is 17.9. The molecule has 1 aliphatic rings. The molecular weight excluding hydrogens is 422 g/mol. The first kappa shape index (κ1) is 16.9. The van der Waals surface area contributed by atoms with Crippen LogP contribution in [0.25, 0.3) is 10.8 Å². The van der Waals surface area contributed by atoms with E-state index in [2.05, 4.69) is 30.9 Å². The highest BCUT2D eigenvalue weighted by molar-refractivity contribution is 9.10. The van der Waals surface area contributed by atoms with Crippen molar-refractivity contribution in [2.45, 2.75) is 6.61 Å². The standard InChI is InChI=1S/C17H12BrN3O4S/c18-11-7-14-13(23-4-5-24-14)6-10(11)8-25-17(22)12-9-26-16(21-12)15-19-2-1-3-20-15/h1-3,6-7,9H,4-5,8H2. The van der Waals surface area contributed by atoms with Crippen LogP contribution in [-0.4, -0.2) is 34.1 Å². The minimum absolute atomic E-state index is 0.0880. The largest absolute Gasteiger partial charge is 0.486 e. The summed E-state index contributed by atoms with van der Waals surface area (Å²) in [6.07, 6.45) is 3.25. The van der Waals surface area contributed by atoms with Gasteiger partial charge in [0, 0.05) is 27.8 Å². The molecule has 3 heterocycles. The fraction of sp³-hybridized carbons (Fsp3) is 0.176. The number of nitrogens with zero attached hydrogens (tertiary/aromatic N) is 3. The van der Waals surface area contributed by atoms with Crippen LogP contribution in [0, 0.1) is 0 Å². The Morgan fingerprint density at radius 2 is 1.92 bits per heavy atom. The van der Waals surface area contributed by atoms with Gasteiger partial charge in [-0.15, -0.1) is 11.3 Å². The van der Waals surface area contributed by atoms with Crippen molar-refractivity contribution >= 4 is 33.2 Å². The van der Waals surface area contributed by atoms with Crippen LogP contribution in [0.2, 0.25) is 0 Å². The smallest absolute Gasteiger partial charge is 0.358 e. The summed E-state index contributed by atoms with van der Waals surface area (Å²) in [5.41, 5.74) is 1.01. The average molecular weight is 434 g/mol. The van der Waals surface area contributed by atoms with Crippen LogP contribution in [0.4, 0.5) is 0 Å². The number of hydrogen-bond donors (Lipinski definition) is 0. The van der Waals surface area contributed by atoms with Crippen LogP contribution in [0.5, 0.6) is 11.5 Å². The third-order valence-electron chi connectivity index (χ3n) is 3.54. The summed E-state index contributed by atoms with van der Waals surface area (Å²) in [7, 11) is 0. The van der Waals surface area contributed by atoms with Gasteiger partial charge in [0.05, 0.1) is 0 Å². The lowest BCUT2D eigenvalue weighted by molar-refractivity contribution is 0.0465. The molecule has 0 spiro atoms.